The van der Waals surface area contributed by atoms with Crippen LogP contribution in [0.3, 0.4) is 0 Å². The first-order chi connectivity index (χ1) is 12.1. The molecule has 1 aromatic heterocycles. The van der Waals surface area contributed by atoms with Gasteiger partial charge in [-0.1, -0.05) is 54.6 Å². The van der Waals surface area contributed by atoms with Crippen LogP contribution in [0.1, 0.15) is 28.9 Å². The predicted octanol–water partition coefficient (Wildman–Crippen LogP) is 3.27. The van der Waals surface area contributed by atoms with Crippen molar-refractivity contribution in [3.63, 3.8) is 0 Å². The molecule has 25 heavy (non-hydrogen) atoms. The van der Waals surface area contributed by atoms with Crippen LogP contribution in [0, 0.1) is 0 Å². The van der Waals surface area contributed by atoms with Gasteiger partial charge in [-0.25, -0.2) is 4.79 Å². The molecule has 1 heterocycles. The van der Waals surface area contributed by atoms with Crippen molar-refractivity contribution in [2.24, 2.45) is 0 Å². The van der Waals surface area contributed by atoms with E-state index in [1.807, 2.05) is 54.6 Å². The molecule has 0 saturated carbocycles. The van der Waals surface area contributed by atoms with Gasteiger partial charge in [0, 0.05) is 24.7 Å². The number of hydrogen-bond acceptors (Lipinski definition) is 4. The fraction of sp³-hybridized carbons (Fsp3) is 0.150. The van der Waals surface area contributed by atoms with Crippen LogP contribution in [0.5, 0.6) is 0 Å². The topological polar surface area (TPSA) is 68.3 Å². The van der Waals surface area contributed by atoms with Crippen molar-refractivity contribution in [2.45, 2.75) is 13.0 Å². The maximum absolute atomic E-state index is 12.7. The van der Waals surface area contributed by atoms with E-state index in [-0.39, 0.29) is 12.5 Å². The van der Waals surface area contributed by atoms with E-state index in [2.05, 4.69) is 10.3 Å². The van der Waals surface area contributed by atoms with Crippen molar-refractivity contribution >= 4 is 22.6 Å². The SMILES string of the molecule is CC(=O)NC[C@H](OC(=O)c1cncc2ccccc12)c1ccccc1. The highest BCUT2D eigenvalue weighted by molar-refractivity contribution is 6.03. The largest absolute Gasteiger partial charge is 0.452 e. The number of hydrogen-bond donors (Lipinski definition) is 1. The highest BCUT2D eigenvalue weighted by Crippen LogP contribution is 2.22. The number of esters is 1. The van der Waals surface area contributed by atoms with Crippen molar-refractivity contribution in [1.29, 1.82) is 0 Å². The van der Waals surface area contributed by atoms with E-state index in [0.717, 1.165) is 16.3 Å². The third-order valence-corrected chi connectivity index (χ3v) is 3.85. The monoisotopic (exact) mass is 334 g/mol. The molecule has 3 aromatic rings. The first-order valence-corrected chi connectivity index (χ1v) is 7.98. The van der Waals surface area contributed by atoms with Gasteiger partial charge < -0.3 is 10.1 Å². The summed E-state index contributed by atoms with van der Waals surface area (Å²) < 4.78 is 5.69. The molecule has 1 amide bonds. The zero-order chi connectivity index (χ0) is 17.6. The number of fused-ring (bicyclic) bond motifs is 1. The Hall–Kier alpha value is -3.21. The van der Waals surface area contributed by atoms with Crippen LogP contribution >= 0.6 is 0 Å². The fourth-order valence-corrected chi connectivity index (χ4v) is 2.60. The minimum Gasteiger partial charge on any atom is -0.452 e. The number of aromatic nitrogens is 1. The molecular formula is C20H18N2O3. The highest BCUT2D eigenvalue weighted by Gasteiger charge is 2.20. The summed E-state index contributed by atoms with van der Waals surface area (Å²) in [5.41, 5.74) is 1.22. The van der Waals surface area contributed by atoms with Crippen molar-refractivity contribution in [1.82, 2.24) is 10.3 Å². The number of carbonyl (C=O) groups excluding carboxylic acids is 2. The van der Waals surface area contributed by atoms with Crippen molar-refractivity contribution in [3.8, 4) is 0 Å². The van der Waals surface area contributed by atoms with E-state index in [9.17, 15) is 9.59 Å². The maximum Gasteiger partial charge on any atom is 0.341 e. The van der Waals surface area contributed by atoms with E-state index in [4.69, 9.17) is 4.74 Å². The summed E-state index contributed by atoms with van der Waals surface area (Å²) >= 11 is 0. The Bertz CT molecular complexity index is 888. The molecule has 0 radical (unpaired) electrons. The van der Waals surface area contributed by atoms with Gasteiger partial charge in [-0.3, -0.25) is 9.78 Å². The zero-order valence-corrected chi connectivity index (χ0v) is 13.8. The first-order valence-electron chi connectivity index (χ1n) is 7.98. The van der Waals surface area contributed by atoms with Crippen LogP contribution in [-0.4, -0.2) is 23.4 Å². The van der Waals surface area contributed by atoms with Crippen LogP contribution in [0.2, 0.25) is 0 Å². The van der Waals surface area contributed by atoms with Gasteiger partial charge in [0.25, 0.3) is 0 Å². The summed E-state index contributed by atoms with van der Waals surface area (Å²) in [7, 11) is 0. The quantitative estimate of drug-likeness (QED) is 0.727. The minimum absolute atomic E-state index is 0.177. The summed E-state index contributed by atoms with van der Waals surface area (Å²) in [4.78, 5) is 28.1. The van der Waals surface area contributed by atoms with Crippen molar-refractivity contribution < 1.29 is 14.3 Å². The van der Waals surface area contributed by atoms with E-state index < -0.39 is 12.1 Å². The molecule has 0 bridgehead atoms. The lowest BCUT2D eigenvalue weighted by Gasteiger charge is -2.19. The third kappa shape index (κ3) is 4.01. The summed E-state index contributed by atoms with van der Waals surface area (Å²) in [6.07, 6.45) is 2.64. The number of benzene rings is 2. The smallest absolute Gasteiger partial charge is 0.341 e. The molecule has 0 aliphatic heterocycles. The highest BCUT2D eigenvalue weighted by atomic mass is 16.5. The van der Waals surface area contributed by atoms with E-state index in [1.54, 1.807) is 6.20 Å². The average molecular weight is 334 g/mol. The summed E-state index contributed by atoms with van der Waals surface area (Å²) in [6.45, 7) is 1.64. The van der Waals surface area contributed by atoms with Crippen molar-refractivity contribution in [2.75, 3.05) is 6.54 Å². The first kappa shape index (κ1) is 16.6. The Kier molecular flexibility index (Phi) is 5.04. The molecule has 5 heteroatoms. The summed E-state index contributed by atoms with van der Waals surface area (Å²) in [5, 5.41) is 4.36. The molecule has 1 atom stereocenters. The van der Waals surface area contributed by atoms with Gasteiger partial charge in [0.2, 0.25) is 5.91 Å². The number of nitrogens with zero attached hydrogens (tertiary/aromatic N) is 1. The molecule has 0 fully saturated rings. The molecule has 0 spiro atoms. The molecule has 0 saturated heterocycles. The molecule has 5 nitrogen and oxygen atoms in total. The normalized spacial score (nSPS) is 11.7. The molecule has 1 N–H and O–H groups in total. The number of carbonyl (C=O) groups is 2. The van der Waals surface area contributed by atoms with Crippen LogP contribution in [0.4, 0.5) is 0 Å². The second-order valence-corrected chi connectivity index (χ2v) is 5.65. The lowest BCUT2D eigenvalue weighted by atomic mass is 10.1. The minimum atomic E-state index is -0.573. The van der Waals surface area contributed by atoms with Crippen LogP contribution in [0.15, 0.2) is 67.0 Å². The molecule has 2 aromatic carbocycles. The average Bonchev–Trinajstić information content (AvgIpc) is 2.65. The molecular weight excluding hydrogens is 316 g/mol. The van der Waals surface area contributed by atoms with Crippen LogP contribution in [0.25, 0.3) is 10.8 Å². The lowest BCUT2D eigenvalue weighted by Crippen LogP contribution is -2.28. The van der Waals surface area contributed by atoms with E-state index in [1.165, 1.54) is 13.1 Å². The summed E-state index contributed by atoms with van der Waals surface area (Å²) in [5.74, 6) is -0.646. The van der Waals surface area contributed by atoms with Crippen LogP contribution < -0.4 is 5.32 Å². The molecule has 0 aliphatic carbocycles. The maximum atomic E-state index is 12.7. The Morgan fingerprint density at radius 3 is 2.52 bits per heavy atom. The number of pyridine rings is 1. The second kappa shape index (κ2) is 7.57. The fourth-order valence-electron chi connectivity index (χ4n) is 2.60. The van der Waals surface area contributed by atoms with Gasteiger partial charge in [0.05, 0.1) is 12.1 Å². The Labute approximate surface area is 145 Å². The molecule has 3 rings (SSSR count). The van der Waals surface area contributed by atoms with Gasteiger partial charge in [0.1, 0.15) is 6.10 Å². The lowest BCUT2D eigenvalue weighted by molar-refractivity contribution is -0.119. The summed E-state index contributed by atoms with van der Waals surface area (Å²) in [6, 6.07) is 16.8. The van der Waals surface area contributed by atoms with E-state index in [0.29, 0.717) is 5.56 Å². The van der Waals surface area contributed by atoms with Gasteiger partial charge in [-0.2, -0.15) is 0 Å². The molecule has 0 aliphatic rings. The predicted molar refractivity (Wildman–Crippen MR) is 95.0 cm³/mol. The third-order valence-electron chi connectivity index (χ3n) is 3.85. The number of nitrogens with one attached hydrogen (secondary N) is 1. The Balaban J connectivity index is 1.87. The second-order valence-electron chi connectivity index (χ2n) is 5.65. The standard InChI is InChI=1S/C20H18N2O3/c1-14(23)22-13-19(15-7-3-2-4-8-15)25-20(24)18-12-21-11-16-9-5-6-10-17(16)18/h2-12,19H,13H2,1H3,(H,22,23)/t19-/m0/s1. The van der Waals surface area contributed by atoms with Gasteiger partial charge in [-0.15, -0.1) is 0 Å². The van der Waals surface area contributed by atoms with Gasteiger partial charge in [0.15, 0.2) is 0 Å². The number of amides is 1. The number of rotatable bonds is 5. The molecule has 126 valence electrons. The Morgan fingerprint density at radius 2 is 1.76 bits per heavy atom. The zero-order valence-electron chi connectivity index (χ0n) is 13.8. The number of ether oxygens (including phenoxy) is 1. The van der Waals surface area contributed by atoms with Gasteiger partial charge in [-0.05, 0) is 10.9 Å². The van der Waals surface area contributed by atoms with Gasteiger partial charge >= 0.3 is 5.97 Å². The molecule has 0 unspecified atom stereocenters. The van der Waals surface area contributed by atoms with Crippen LogP contribution in [-0.2, 0) is 9.53 Å². The van der Waals surface area contributed by atoms with E-state index >= 15 is 0 Å². The Morgan fingerprint density at radius 1 is 1.04 bits per heavy atom. The van der Waals surface area contributed by atoms with Crippen molar-refractivity contribution in [3.05, 3.63) is 78.1 Å².